The minimum atomic E-state index is -0.750. The van der Waals surface area contributed by atoms with Crippen molar-refractivity contribution in [3.63, 3.8) is 0 Å². The number of rotatable bonds is 6. The number of amides is 2. The van der Waals surface area contributed by atoms with Crippen molar-refractivity contribution in [3.05, 3.63) is 71.5 Å². The molecule has 0 saturated heterocycles. The highest BCUT2D eigenvalue weighted by atomic mass is 32.1. The summed E-state index contributed by atoms with van der Waals surface area (Å²) in [6.45, 7) is 1.38. The molecule has 0 bridgehead atoms. The second-order valence-electron chi connectivity index (χ2n) is 6.85. The van der Waals surface area contributed by atoms with Crippen LogP contribution in [0.15, 0.2) is 60.1 Å². The third-order valence-electron chi connectivity index (χ3n) is 4.67. The molecule has 0 aliphatic heterocycles. The lowest BCUT2D eigenvalue weighted by atomic mass is 10.0. The summed E-state index contributed by atoms with van der Waals surface area (Å²) in [5.41, 5.74) is 3.30. The average Bonchev–Trinajstić information content (AvgIpc) is 3.35. The molecule has 30 heavy (non-hydrogen) atoms. The predicted octanol–water partition coefficient (Wildman–Crippen LogP) is 4.12. The Hall–Kier alpha value is -3.52. The summed E-state index contributed by atoms with van der Waals surface area (Å²) in [7, 11) is 0. The van der Waals surface area contributed by atoms with Gasteiger partial charge in [-0.15, -0.1) is 11.3 Å². The molecule has 0 aliphatic carbocycles. The van der Waals surface area contributed by atoms with Crippen LogP contribution in [0.2, 0.25) is 0 Å². The van der Waals surface area contributed by atoms with Gasteiger partial charge in [-0.05, 0) is 35.9 Å². The van der Waals surface area contributed by atoms with Crippen molar-refractivity contribution in [2.24, 2.45) is 0 Å². The summed E-state index contributed by atoms with van der Waals surface area (Å²) in [5.74, 6) is -0.963. The Morgan fingerprint density at radius 2 is 1.93 bits per heavy atom. The van der Waals surface area contributed by atoms with Crippen LogP contribution in [-0.4, -0.2) is 27.8 Å². The van der Waals surface area contributed by atoms with Crippen LogP contribution in [-0.2, 0) is 16.0 Å². The number of nitrogens with zero attached hydrogens (tertiary/aromatic N) is 1. The minimum Gasteiger partial charge on any atom is -0.361 e. The van der Waals surface area contributed by atoms with E-state index in [9.17, 15) is 14.0 Å². The molecule has 3 N–H and O–H groups in total. The van der Waals surface area contributed by atoms with Crippen molar-refractivity contribution < 1.29 is 14.0 Å². The minimum absolute atomic E-state index is 0.291. The number of aromatic amines is 1. The third kappa shape index (κ3) is 4.38. The number of thiazole rings is 1. The topological polar surface area (TPSA) is 86.9 Å². The Kier molecular flexibility index (Phi) is 5.58. The lowest BCUT2D eigenvalue weighted by molar-refractivity contribution is -0.125. The molecule has 0 spiro atoms. The van der Waals surface area contributed by atoms with E-state index in [2.05, 4.69) is 20.6 Å². The number of fused-ring (bicyclic) bond motifs is 1. The highest BCUT2D eigenvalue weighted by Gasteiger charge is 2.22. The van der Waals surface area contributed by atoms with Gasteiger partial charge in [-0.1, -0.05) is 18.2 Å². The standard InChI is InChI=1S/C22H19FN4O2S/c1-13(28)25-19(10-15-11-24-18-5-3-2-4-17(15)18)21(29)27-22-26-20(12-30-22)14-6-8-16(23)9-7-14/h2-9,11-12,19,24H,10H2,1H3,(H,25,28)(H,26,27,29). The van der Waals surface area contributed by atoms with Gasteiger partial charge >= 0.3 is 0 Å². The highest BCUT2D eigenvalue weighted by molar-refractivity contribution is 7.14. The quantitative estimate of drug-likeness (QED) is 0.437. The number of H-pyrrole nitrogens is 1. The second kappa shape index (κ2) is 8.46. The molecule has 0 fully saturated rings. The summed E-state index contributed by atoms with van der Waals surface area (Å²) in [6, 6.07) is 13.0. The van der Waals surface area contributed by atoms with Crippen LogP contribution in [0, 0.1) is 5.82 Å². The maximum Gasteiger partial charge on any atom is 0.249 e. The molecule has 8 heteroatoms. The van der Waals surface area contributed by atoms with E-state index in [0.29, 0.717) is 17.2 Å². The number of para-hydroxylation sites is 1. The first kappa shape index (κ1) is 19.8. The normalized spacial score (nSPS) is 11.9. The molecule has 0 saturated carbocycles. The summed E-state index contributed by atoms with van der Waals surface area (Å²) in [6.07, 6.45) is 2.19. The van der Waals surface area contributed by atoms with Crippen molar-refractivity contribution >= 4 is 39.2 Å². The fourth-order valence-electron chi connectivity index (χ4n) is 3.25. The van der Waals surface area contributed by atoms with Gasteiger partial charge in [0, 0.05) is 41.4 Å². The molecule has 2 aromatic carbocycles. The molecule has 2 aromatic heterocycles. The predicted molar refractivity (Wildman–Crippen MR) is 116 cm³/mol. The van der Waals surface area contributed by atoms with E-state index in [1.807, 2.05) is 30.5 Å². The van der Waals surface area contributed by atoms with Gasteiger partial charge in [-0.3, -0.25) is 9.59 Å². The van der Waals surface area contributed by atoms with E-state index in [0.717, 1.165) is 22.0 Å². The Balaban J connectivity index is 1.51. The van der Waals surface area contributed by atoms with Crippen molar-refractivity contribution in [1.29, 1.82) is 0 Å². The smallest absolute Gasteiger partial charge is 0.249 e. The molecule has 1 atom stereocenters. The molecule has 2 amide bonds. The summed E-state index contributed by atoms with van der Waals surface area (Å²) >= 11 is 1.27. The Morgan fingerprint density at radius 1 is 1.17 bits per heavy atom. The molecular formula is C22H19FN4O2S. The number of nitrogens with one attached hydrogen (secondary N) is 3. The molecule has 1 unspecified atom stereocenters. The van der Waals surface area contributed by atoms with Crippen LogP contribution >= 0.6 is 11.3 Å². The van der Waals surface area contributed by atoms with E-state index in [1.165, 1.54) is 30.4 Å². The number of anilines is 1. The number of hydrogen-bond acceptors (Lipinski definition) is 4. The molecule has 0 aliphatic rings. The molecule has 4 aromatic rings. The van der Waals surface area contributed by atoms with Crippen LogP contribution in [0.1, 0.15) is 12.5 Å². The Morgan fingerprint density at radius 3 is 2.70 bits per heavy atom. The molecule has 152 valence electrons. The fraction of sp³-hybridized carbons (Fsp3) is 0.136. The molecule has 4 rings (SSSR count). The Bertz CT molecular complexity index is 1200. The number of aromatic nitrogens is 2. The first-order chi connectivity index (χ1) is 14.5. The highest BCUT2D eigenvalue weighted by Crippen LogP contribution is 2.25. The van der Waals surface area contributed by atoms with Crippen LogP contribution in [0.25, 0.3) is 22.2 Å². The number of benzene rings is 2. The SMILES string of the molecule is CC(=O)NC(Cc1c[nH]c2ccccc12)C(=O)Nc1nc(-c2ccc(F)cc2)cs1. The van der Waals surface area contributed by atoms with E-state index in [-0.39, 0.29) is 17.6 Å². The zero-order valence-corrected chi connectivity index (χ0v) is 16.9. The molecule has 6 nitrogen and oxygen atoms in total. The van der Waals surface area contributed by atoms with Gasteiger partial charge in [0.25, 0.3) is 0 Å². The lowest BCUT2D eigenvalue weighted by Crippen LogP contribution is -2.44. The lowest BCUT2D eigenvalue weighted by Gasteiger charge is -2.16. The molecule has 2 heterocycles. The van der Waals surface area contributed by atoms with Crippen molar-refractivity contribution in [2.45, 2.75) is 19.4 Å². The van der Waals surface area contributed by atoms with E-state index in [1.54, 1.807) is 17.5 Å². The monoisotopic (exact) mass is 422 g/mol. The molecule has 0 radical (unpaired) electrons. The van der Waals surface area contributed by atoms with Crippen LogP contribution in [0.3, 0.4) is 0 Å². The van der Waals surface area contributed by atoms with E-state index in [4.69, 9.17) is 0 Å². The van der Waals surface area contributed by atoms with Gasteiger partial charge in [-0.2, -0.15) is 0 Å². The maximum atomic E-state index is 13.1. The van der Waals surface area contributed by atoms with Gasteiger partial charge in [0.15, 0.2) is 5.13 Å². The first-order valence-electron chi connectivity index (χ1n) is 9.34. The second-order valence-corrected chi connectivity index (χ2v) is 7.71. The average molecular weight is 422 g/mol. The van der Waals surface area contributed by atoms with Gasteiger partial charge < -0.3 is 15.6 Å². The van der Waals surface area contributed by atoms with E-state index >= 15 is 0 Å². The van der Waals surface area contributed by atoms with Crippen molar-refractivity contribution in [1.82, 2.24) is 15.3 Å². The van der Waals surface area contributed by atoms with Crippen molar-refractivity contribution in [3.8, 4) is 11.3 Å². The van der Waals surface area contributed by atoms with E-state index < -0.39 is 6.04 Å². The van der Waals surface area contributed by atoms with Gasteiger partial charge in [-0.25, -0.2) is 9.37 Å². The number of halogens is 1. The fourth-order valence-corrected chi connectivity index (χ4v) is 3.97. The third-order valence-corrected chi connectivity index (χ3v) is 5.42. The number of carbonyl (C=O) groups is 2. The summed E-state index contributed by atoms with van der Waals surface area (Å²) < 4.78 is 13.1. The Labute approximate surface area is 176 Å². The largest absolute Gasteiger partial charge is 0.361 e. The number of carbonyl (C=O) groups excluding carboxylic acids is 2. The molecular weight excluding hydrogens is 403 g/mol. The van der Waals surface area contributed by atoms with Crippen LogP contribution in [0.4, 0.5) is 9.52 Å². The summed E-state index contributed by atoms with van der Waals surface area (Å²) in [5, 5.41) is 8.70. The van der Waals surface area contributed by atoms with Gasteiger partial charge in [0.05, 0.1) is 5.69 Å². The summed E-state index contributed by atoms with van der Waals surface area (Å²) in [4.78, 5) is 32.1. The van der Waals surface area contributed by atoms with Crippen molar-refractivity contribution in [2.75, 3.05) is 5.32 Å². The first-order valence-corrected chi connectivity index (χ1v) is 10.2. The van der Waals surface area contributed by atoms with Gasteiger partial charge in [0.1, 0.15) is 11.9 Å². The number of hydrogen-bond donors (Lipinski definition) is 3. The van der Waals surface area contributed by atoms with Crippen LogP contribution < -0.4 is 10.6 Å². The van der Waals surface area contributed by atoms with Crippen LogP contribution in [0.5, 0.6) is 0 Å². The van der Waals surface area contributed by atoms with Gasteiger partial charge in [0.2, 0.25) is 11.8 Å². The zero-order valence-electron chi connectivity index (χ0n) is 16.1. The zero-order chi connectivity index (χ0) is 21.1. The maximum absolute atomic E-state index is 13.1.